The van der Waals surface area contributed by atoms with Crippen LogP contribution in [0.25, 0.3) is 0 Å². The average Bonchev–Trinajstić information content (AvgIpc) is 3.28. The lowest BCUT2D eigenvalue weighted by atomic mass is 9.87. The number of hydrogen-bond donors (Lipinski definition) is 1. The van der Waals surface area contributed by atoms with Crippen LogP contribution in [0.1, 0.15) is 55.4 Å². The van der Waals surface area contributed by atoms with Crippen LogP contribution in [0.2, 0.25) is 0 Å². The molecule has 4 atom stereocenters. The van der Waals surface area contributed by atoms with E-state index < -0.39 is 0 Å². The van der Waals surface area contributed by atoms with Gasteiger partial charge in [0.05, 0.1) is 0 Å². The van der Waals surface area contributed by atoms with Crippen molar-refractivity contribution < 1.29 is 4.74 Å². The maximum absolute atomic E-state index is 6.53. The van der Waals surface area contributed by atoms with Gasteiger partial charge in [0.1, 0.15) is 19.7 Å². The Balaban J connectivity index is 1.45. The molecule has 3 heteroatoms. The summed E-state index contributed by atoms with van der Waals surface area (Å²) in [4.78, 5) is 0. The second-order valence-electron chi connectivity index (χ2n) is 8.76. The first-order chi connectivity index (χ1) is 13.7. The van der Waals surface area contributed by atoms with Gasteiger partial charge in [-0.25, -0.2) is 0 Å². The number of aryl methyl sites for hydroxylation is 1. The second-order valence-corrected chi connectivity index (χ2v) is 8.76. The molecule has 1 aliphatic heterocycles. The Kier molecular flexibility index (Phi) is 6.11. The molecule has 0 saturated carbocycles. The largest absolute Gasteiger partial charge is 0.486 e. The summed E-state index contributed by atoms with van der Waals surface area (Å²) in [7, 11) is 6.25. The van der Waals surface area contributed by atoms with Gasteiger partial charge in [-0.2, -0.15) is 0 Å². The first-order valence-electron chi connectivity index (χ1n) is 11.0. The number of hydrogen-bond acceptors (Lipinski definition) is 2. The van der Waals surface area contributed by atoms with Crippen LogP contribution in [0.4, 0.5) is 0 Å². The fraction of sp³-hybridized carbons (Fsp3) is 0.520. The maximum Gasteiger partial charge on any atom is 0.127 e. The molecule has 2 aliphatic rings. The van der Waals surface area contributed by atoms with Gasteiger partial charge in [0.25, 0.3) is 0 Å². The van der Waals surface area contributed by atoms with E-state index >= 15 is 0 Å². The van der Waals surface area contributed by atoms with E-state index in [4.69, 9.17) is 12.6 Å². The quantitative estimate of drug-likeness (QED) is 0.722. The maximum atomic E-state index is 6.53. The molecular weight excluding hydrogens is 341 g/mol. The van der Waals surface area contributed by atoms with E-state index in [1.54, 1.807) is 0 Å². The van der Waals surface area contributed by atoms with Crippen molar-refractivity contribution in [1.82, 2.24) is 5.32 Å². The van der Waals surface area contributed by atoms with Crippen LogP contribution >= 0.6 is 0 Å². The van der Waals surface area contributed by atoms with Crippen molar-refractivity contribution in [3.63, 3.8) is 0 Å². The molecule has 146 valence electrons. The predicted molar refractivity (Wildman–Crippen MR) is 118 cm³/mol. The van der Waals surface area contributed by atoms with E-state index in [0.29, 0.717) is 5.92 Å². The average molecular weight is 373 g/mol. The standard InChI is InChI=1S/C25H32BNO/c1-3-18-15-27-16-21(18)9-6-8-20-14-19-7-4-5-10-22(19)25(20)28-24-12-11-17(2)13-23(24)26/h4-5,7,10-13,18,20-21,25,27H,3,6,8-9,14-16H2,1-2H3. The topological polar surface area (TPSA) is 21.3 Å². The molecule has 28 heavy (non-hydrogen) atoms. The molecule has 4 unspecified atom stereocenters. The minimum absolute atomic E-state index is 0.116. The summed E-state index contributed by atoms with van der Waals surface area (Å²) in [5, 5.41) is 3.58. The molecule has 1 N–H and O–H groups in total. The summed E-state index contributed by atoms with van der Waals surface area (Å²) in [6.07, 6.45) is 6.36. The van der Waals surface area contributed by atoms with Gasteiger partial charge in [0.15, 0.2) is 0 Å². The highest BCUT2D eigenvalue weighted by molar-refractivity contribution is 6.34. The lowest BCUT2D eigenvalue weighted by Gasteiger charge is -2.24. The van der Waals surface area contributed by atoms with E-state index in [1.807, 2.05) is 12.1 Å². The van der Waals surface area contributed by atoms with Gasteiger partial charge in [0.2, 0.25) is 0 Å². The Labute approximate surface area is 171 Å². The molecule has 0 amide bonds. The third kappa shape index (κ3) is 4.15. The number of fused-ring (bicyclic) bond motifs is 1. The molecule has 2 nitrogen and oxygen atoms in total. The van der Waals surface area contributed by atoms with Crippen molar-refractivity contribution in [3.8, 4) is 5.75 Å². The van der Waals surface area contributed by atoms with E-state index in [2.05, 4.69) is 49.5 Å². The number of ether oxygens (including phenoxy) is 1. The Morgan fingerprint density at radius 2 is 1.82 bits per heavy atom. The van der Waals surface area contributed by atoms with Crippen molar-refractivity contribution in [3.05, 3.63) is 59.2 Å². The van der Waals surface area contributed by atoms with Crippen LogP contribution in [0.5, 0.6) is 5.75 Å². The summed E-state index contributed by atoms with van der Waals surface area (Å²) in [5.74, 6) is 3.07. The zero-order valence-electron chi connectivity index (χ0n) is 17.3. The molecule has 2 aromatic rings. The third-order valence-corrected chi connectivity index (χ3v) is 6.85. The fourth-order valence-electron chi connectivity index (χ4n) is 5.21. The van der Waals surface area contributed by atoms with Crippen molar-refractivity contribution in [2.75, 3.05) is 13.1 Å². The first kappa shape index (κ1) is 19.6. The molecule has 0 aromatic heterocycles. The van der Waals surface area contributed by atoms with Crippen LogP contribution < -0.4 is 15.5 Å². The van der Waals surface area contributed by atoms with Crippen LogP contribution in [0.3, 0.4) is 0 Å². The van der Waals surface area contributed by atoms with Gasteiger partial charge < -0.3 is 10.1 Å². The molecule has 1 saturated heterocycles. The molecule has 2 radical (unpaired) electrons. The Bertz CT molecular complexity index is 805. The highest BCUT2D eigenvalue weighted by atomic mass is 16.5. The second kappa shape index (κ2) is 8.74. The molecule has 1 aliphatic carbocycles. The van der Waals surface area contributed by atoms with Gasteiger partial charge in [-0.15, -0.1) is 0 Å². The molecule has 4 rings (SSSR count). The summed E-state index contributed by atoms with van der Waals surface area (Å²) >= 11 is 0. The van der Waals surface area contributed by atoms with Crippen molar-refractivity contribution >= 4 is 13.3 Å². The summed E-state index contributed by atoms with van der Waals surface area (Å²) < 4.78 is 6.53. The SMILES string of the molecule is [B]c1cc(C)ccc1OC1c2ccccc2CC1CCCC1CNCC1CC. The van der Waals surface area contributed by atoms with Gasteiger partial charge in [-0.3, -0.25) is 0 Å². The number of rotatable bonds is 7. The fourth-order valence-corrected chi connectivity index (χ4v) is 5.21. The third-order valence-electron chi connectivity index (χ3n) is 6.85. The Morgan fingerprint density at radius 3 is 2.64 bits per heavy atom. The van der Waals surface area contributed by atoms with Crippen LogP contribution in [0, 0.1) is 24.7 Å². The zero-order chi connectivity index (χ0) is 19.5. The monoisotopic (exact) mass is 373 g/mol. The van der Waals surface area contributed by atoms with E-state index in [-0.39, 0.29) is 6.10 Å². The van der Waals surface area contributed by atoms with Crippen molar-refractivity contribution in [1.29, 1.82) is 0 Å². The predicted octanol–water partition coefficient (Wildman–Crippen LogP) is 4.50. The van der Waals surface area contributed by atoms with Crippen LogP contribution in [-0.2, 0) is 6.42 Å². The first-order valence-corrected chi connectivity index (χ1v) is 11.0. The van der Waals surface area contributed by atoms with Crippen molar-refractivity contribution in [2.45, 2.75) is 52.1 Å². The molecule has 0 bridgehead atoms. The minimum Gasteiger partial charge on any atom is -0.486 e. The highest BCUT2D eigenvalue weighted by Crippen LogP contribution is 2.42. The normalized spacial score (nSPS) is 26.4. The van der Waals surface area contributed by atoms with E-state index in [9.17, 15) is 0 Å². The lowest BCUT2D eigenvalue weighted by molar-refractivity contribution is 0.141. The molecular formula is C25H32BNO. The Morgan fingerprint density at radius 1 is 1.04 bits per heavy atom. The summed E-state index contributed by atoms with van der Waals surface area (Å²) in [6.45, 7) is 6.79. The molecule has 2 aromatic carbocycles. The smallest absolute Gasteiger partial charge is 0.127 e. The van der Waals surface area contributed by atoms with Crippen LogP contribution in [0.15, 0.2) is 42.5 Å². The number of benzene rings is 2. The van der Waals surface area contributed by atoms with Gasteiger partial charge in [-0.05, 0) is 68.3 Å². The van der Waals surface area contributed by atoms with E-state index in [1.165, 1.54) is 55.5 Å². The minimum atomic E-state index is 0.116. The van der Waals surface area contributed by atoms with Gasteiger partial charge in [0, 0.05) is 5.92 Å². The zero-order valence-corrected chi connectivity index (χ0v) is 17.3. The molecule has 0 spiro atoms. The van der Waals surface area contributed by atoms with Crippen molar-refractivity contribution in [2.24, 2.45) is 17.8 Å². The summed E-state index contributed by atoms with van der Waals surface area (Å²) in [6, 6.07) is 14.9. The Hall–Kier alpha value is -1.74. The molecule has 1 fully saturated rings. The van der Waals surface area contributed by atoms with Gasteiger partial charge in [-0.1, -0.05) is 67.2 Å². The highest BCUT2D eigenvalue weighted by Gasteiger charge is 2.34. The lowest BCUT2D eigenvalue weighted by Crippen LogP contribution is -2.19. The number of nitrogens with one attached hydrogen (secondary N) is 1. The molecule has 1 heterocycles. The van der Waals surface area contributed by atoms with Gasteiger partial charge >= 0.3 is 0 Å². The van der Waals surface area contributed by atoms with E-state index in [0.717, 1.165) is 29.5 Å². The summed E-state index contributed by atoms with van der Waals surface area (Å²) in [5.41, 5.74) is 4.70. The van der Waals surface area contributed by atoms with Crippen LogP contribution in [-0.4, -0.2) is 20.9 Å².